The zero-order valence-corrected chi connectivity index (χ0v) is 15.6. The number of aromatic nitrogens is 4. The van der Waals surface area contributed by atoms with Crippen LogP contribution in [0, 0.1) is 0 Å². The van der Waals surface area contributed by atoms with Gasteiger partial charge in [-0.3, -0.25) is 4.79 Å². The fraction of sp³-hybridized carbons (Fsp3) is 0.100. The predicted molar refractivity (Wildman–Crippen MR) is 109 cm³/mol. The van der Waals surface area contributed by atoms with Gasteiger partial charge in [0.2, 0.25) is 4.96 Å². The molecule has 0 saturated heterocycles. The van der Waals surface area contributed by atoms with Crippen LogP contribution in [0.1, 0.15) is 5.56 Å². The standard InChI is InChI=1S/C20H15N5OS/c1-24(2)13-9-7-12(8-10-13)11-16-19(26)25-20(27-16)22-18-17(23-25)14-5-3-4-6-15(14)21-18/h3-11H,1-2H3/b16-11-. The van der Waals surface area contributed by atoms with Gasteiger partial charge in [-0.25, -0.2) is 4.98 Å². The molecule has 5 rings (SSSR count). The Morgan fingerprint density at radius 2 is 1.81 bits per heavy atom. The van der Waals surface area contributed by atoms with Crippen LogP contribution in [0.3, 0.4) is 0 Å². The molecule has 0 aliphatic rings. The van der Waals surface area contributed by atoms with E-state index >= 15 is 0 Å². The lowest BCUT2D eigenvalue weighted by atomic mass is 10.2. The van der Waals surface area contributed by atoms with Gasteiger partial charge in [0.15, 0.2) is 5.65 Å². The van der Waals surface area contributed by atoms with Gasteiger partial charge in [-0.1, -0.05) is 41.7 Å². The van der Waals surface area contributed by atoms with Crippen LogP contribution in [0.4, 0.5) is 5.69 Å². The minimum absolute atomic E-state index is 0.161. The number of thiazole rings is 1. The number of hydrogen-bond acceptors (Lipinski definition) is 6. The number of rotatable bonds is 2. The molecule has 3 heterocycles. The third-order valence-electron chi connectivity index (χ3n) is 4.49. The van der Waals surface area contributed by atoms with E-state index in [2.05, 4.69) is 15.1 Å². The van der Waals surface area contributed by atoms with Crippen molar-refractivity contribution in [2.24, 2.45) is 0 Å². The van der Waals surface area contributed by atoms with E-state index in [-0.39, 0.29) is 5.56 Å². The minimum Gasteiger partial charge on any atom is -0.378 e. The molecule has 0 aliphatic carbocycles. The average Bonchev–Trinajstić information content (AvgIpc) is 3.18. The van der Waals surface area contributed by atoms with E-state index < -0.39 is 0 Å². The molecule has 6 nitrogen and oxygen atoms in total. The van der Waals surface area contributed by atoms with Crippen molar-refractivity contribution < 1.29 is 0 Å². The first-order valence-corrected chi connectivity index (χ1v) is 9.29. The second-order valence-corrected chi connectivity index (χ2v) is 7.52. The Morgan fingerprint density at radius 1 is 1.04 bits per heavy atom. The van der Waals surface area contributed by atoms with Crippen LogP contribution in [0.5, 0.6) is 0 Å². The maximum absolute atomic E-state index is 12.8. The van der Waals surface area contributed by atoms with Gasteiger partial charge < -0.3 is 4.90 Å². The summed E-state index contributed by atoms with van der Waals surface area (Å²) in [6.07, 6.45) is 1.87. The van der Waals surface area contributed by atoms with Crippen LogP contribution in [0.25, 0.3) is 33.1 Å². The van der Waals surface area contributed by atoms with Gasteiger partial charge in [-0.15, -0.1) is 0 Å². The summed E-state index contributed by atoms with van der Waals surface area (Å²) in [6.45, 7) is 0. The van der Waals surface area contributed by atoms with Crippen molar-refractivity contribution in [3.8, 4) is 0 Å². The third-order valence-corrected chi connectivity index (χ3v) is 5.45. The zero-order valence-electron chi connectivity index (χ0n) is 14.7. The molecule has 2 aromatic carbocycles. The monoisotopic (exact) mass is 373 g/mol. The molecule has 0 amide bonds. The summed E-state index contributed by atoms with van der Waals surface area (Å²) < 4.78 is 1.98. The number of anilines is 1. The summed E-state index contributed by atoms with van der Waals surface area (Å²) in [5.74, 6) is 0. The topological polar surface area (TPSA) is 63.4 Å². The van der Waals surface area contributed by atoms with Gasteiger partial charge in [0, 0.05) is 25.2 Å². The third kappa shape index (κ3) is 2.55. The summed E-state index contributed by atoms with van der Waals surface area (Å²) in [5.41, 5.74) is 3.98. The molecule has 0 fully saturated rings. The molecule has 0 radical (unpaired) electrons. The first-order chi connectivity index (χ1) is 13.1. The second kappa shape index (κ2) is 5.85. The molecule has 0 unspecified atom stereocenters. The van der Waals surface area contributed by atoms with E-state index in [9.17, 15) is 4.79 Å². The first-order valence-electron chi connectivity index (χ1n) is 8.47. The zero-order chi connectivity index (χ0) is 18.5. The van der Waals surface area contributed by atoms with Crippen LogP contribution in [0.15, 0.2) is 53.3 Å². The Hall–Kier alpha value is -3.32. The fourth-order valence-electron chi connectivity index (χ4n) is 3.07. The van der Waals surface area contributed by atoms with Crippen molar-refractivity contribution in [1.82, 2.24) is 19.6 Å². The van der Waals surface area contributed by atoms with Crippen molar-refractivity contribution in [3.63, 3.8) is 0 Å². The Bertz CT molecular complexity index is 1420. The SMILES string of the molecule is CN(C)c1ccc(/C=c2\sc3nc4nc5ccccc5c4nn3c2=O)cc1. The quantitative estimate of drug-likeness (QED) is 0.476. The highest BCUT2D eigenvalue weighted by molar-refractivity contribution is 7.15. The highest BCUT2D eigenvalue weighted by Crippen LogP contribution is 2.22. The van der Waals surface area contributed by atoms with E-state index in [0.717, 1.165) is 22.2 Å². The molecule has 0 N–H and O–H groups in total. The number of para-hydroxylation sites is 1. The molecule has 0 bridgehead atoms. The molecule has 3 aromatic heterocycles. The number of fused-ring (bicyclic) bond motifs is 4. The Kier molecular flexibility index (Phi) is 3.45. The molecule has 0 atom stereocenters. The molecule has 132 valence electrons. The average molecular weight is 373 g/mol. The lowest BCUT2D eigenvalue weighted by Crippen LogP contribution is -2.24. The summed E-state index contributed by atoms with van der Waals surface area (Å²) in [7, 11) is 3.99. The van der Waals surface area contributed by atoms with Crippen LogP contribution < -0.4 is 15.0 Å². The molecular weight excluding hydrogens is 358 g/mol. The minimum atomic E-state index is -0.161. The summed E-state index contributed by atoms with van der Waals surface area (Å²) >= 11 is 1.32. The maximum Gasteiger partial charge on any atom is 0.291 e. The van der Waals surface area contributed by atoms with Gasteiger partial charge in [0.1, 0.15) is 5.52 Å². The molecule has 0 spiro atoms. The normalized spacial score (nSPS) is 12.4. The van der Waals surface area contributed by atoms with Gasteiger partial charge in [0.05, 0.1) is 10.0 Å². The number of benzene rings is 2. The van der Waals surface area contributed by atoms with Crippen molar-refractivity contribution in [3.05, 3.63) is 69.0 Å². The van der Waals surface area contributed by atoms with E-state index in [1.54, 1.807) is 0 Å². The Balaban J connectivity index is 1.70. The lowest BCUT2D eigenvalue weighted by Gasteiger charge is -2.11. The van der Waals surface area contributed by atoms with Crippen molar-refractivity contribution in [1.29, 1.82) is 0 Å². The van der Waals surface area contributed by atoms with Crippen LogP contribution in [-0.4, -0.2) is 33.7 Å². The van der Waals surface area contributed by atoms with E-state index in [0.29, 0.717) is 20.7 Å². The van der Waals surface area contributed by atoms with E-state index in [1.165, 1.54) is 15.9 Å². The molecular formula is C20H15N5OS. The molecule has 7 heteroatoms. The first kappa shape index (κ1) is 15.9. The van der Waals surface area contributed by atoms with Gasteiger partial charge in [-0.05, 0) is 29.8 Å². The van der Waals surface area contributed by atoms with Crippen LogP contribution >= 0.6 is 11.3 Å². The Labute approximate surface area is 158 Å². The summed E-state index contributed by atoms with van der Waals surface area (Å²) in [6, 6.07) is 15.8. The van der Waals surface area contributed by atoms with Gasteiger partial charge in [0.25, 0.3) is 5.56 Å². The fourth-order valence-corrected chi connectivity index (χ4v) is 3.98. The Morgan fingerprint density at radius 3 is 2.59 bits per heavy atom. The smallest absolute Gasteiger partial charge is 0.291 e. The number of hydrogen-bond donors (Lipinski definition) is 0. The van der Waals surface area contributed by atoms with Crippen molar-refractivity contribution in [2.45, 2.75) is 0 Å². The molecule has 27 heavy (non-hydrogen) atoms. The summed E-state index contributed by atoms with van der Waals surface area (Å²) in [4.78, 5) is 24.5. The second-order valence-electron chi connectivity index (χ2n) is 6.51. The van der Waals surface area contributed by atoms with E-state index in [4.69, 9.17) is 0 Å². The largest absolute Gasteiger partial charge is 0.378 e. The molecule has 0 aliphatic heterocycles. The summed E-state index contributed by atoms with van der Waals surface area (Å²) in [5, 5.41) is 5.44. The molecule has 0 saturated carbocycles. The van der Waals surface area contributed by atoms with Crippen molar-refractivity contribution >= 4 is 50.1 Å². The van der Waals surface area contributed by atoms with Crippen LogP contribution in [0.2, 0.25) is 0 Å². The van der Waals surface area contributed by atoms with E-state index in [1.807, 2.05) is 73.6 Å². The molecule has 5 aromatic rings. The predicted octanol–water partition coefficient (Wildman–Crippen LogP) is 2.47. The lowest BCUT2D eigenvalue weighted by molar-refractivity contribution is 0.914. The maximum atomic E-state index is 12.8. The van der Waals surface area contributed by atoms with Crippen LogP contribution in [-0.2, 0) is 0 Å². The van der Waals surface area contributed by atoms with Gasteiger partial charge >= 0.3 is 0 Å². The van der Waals surface area contributed by atoms with Crippen molar-refractivity contribution in [2.75, 3.05) is 19.0 Å². The highest BCUT2D eigenvalue weighted by atomic mass is 32.1. The highest BCUT2D eigenvalue weighted by Gasteiger charge is 2.12. The number of nitrogens with zero attached hydrogens (tertiary/aromatic N) is 5. The van der Waals surface area contributed by atoms with Gasteiger partial charge in [-0.2, -0.15) is 14.6 Å².